The number of amides is 2. The molecule has 0 fully saturated rings. The Morgan fingerprint density at radius 2 is 1.27 bits per heavy atom. The molecule has 0 aliphatic heterocycles. The van der Waals surface area contributed by atoms with E-state index in [0.717, 1.165) is 6.42 Å². The van der Waals surface area contributed by atoms with E-state index in [2.05, 4.69) is 31.4 Å². The van der Waals surface area contributed by atoms with Crippen molar-refractivity contribution >= 4 is 23.2 Å². The molecule has 2 amide bonds. The van der Waals surface area contributed by atoms with Crippen LogP contribution in [0.3, 0.4) is 0 Å². The first kappa shape index (κ1) is 19.7. The monoisotopic (exact) mass is 352 g/mol. The number of rotatable bonds is 6. The smallest absolute Gasteiger partial charge is 0.239 e. The van der Waals surface area contributed by atoms with Crippen LogP contribution >= 0.6 is 0 Å². The maximum atomic E-state index is 12.6. The average Bonchev–Trinajstić information content (AvgIpc) is 2.62. The van der Waals surface area contributed by atoms with Gasteiger partial charge in [0.15, 0.2) is 0 Å². The van der Waals surface area contributed by atoms with Gasteiger partial charge < -0.3 is 10.6 Å². The summed E-state index contributed by atoms with van der Waals surface area (Å²) in [6.07, 6.45) is 0.942. The Kier molecular flexibility index (Phi) is 6.19. The SMILES string of the molecule is CCc1ccc(NC(=O)C(C)(C)C(=O)Nc2ccc(C(C)C)cc2)cc1. The summed E-state index contributed by atoms with van der Waals surface area (Å²) in [5.74, 6) is -0.239. The van der Waals surface area contributed by atoms with Gasteiger partial charge in [-0.3, -0.25) is 9.59 Å². The minimum Gasteiger partial charge on any atom is -0.325 e. The number of anilines is 2. The summed E-state index contributed by atoms with van der Waals surface area (Å²) in [6, 6.07) is 15.4. The zero-order valence-corrected chi connectivity index (χ0v) is 16.2. The maximum Gasteiger partial charge on any atom is 0.239 e. The molecule has 2 aromatic rings. The Labute approximate surface area is 156 Å². The first-order chi connectivity index (χ1) is 12.2. The van der Waals surface area contributed by atoms with Crippen LogP contribution in [0.1, 0.15) is 51.7 Å². The van der Waals surface area contributed by atoms with Gasteiger partial charge in [-0.25, -0.2) is 0 Å². The first-order valence-electron chi connectivity index (χ1n) is 9.06. The van der Waals surface area contributed by atoms with Gasteiger partial charge in [0.1, 0.15) is 5.41 Å². The van der Waals surface area contributed by atoms with Crippen molar-refractivity contribution in [2.24, 2.45) is 5.41 Å². The molecule has 0 spiro atoms. The summed E-state index contributed by atoms with van der Waals surface area (Å²) in [4.78, 5) is 25.2. The van der Waals surface area contributed by atoms with Gasteiger partial charge in [-0.05, 0) is 61.6 Å². The summed E-state index contributed by atoms with van der Waals surface area (Å²) in [6.45, 7) is 9.57. The van der Waals surface area contributed by atoms with Crippen molar-refractivity contribution in [3.63, 3.8) is 0 Å². The highest BCUT2D eigenvalue weighted by Crippen LogP contribution is 2.23. The molecule has 0 unspecified atom stereocenters. The molecule has 2 rings (SSSR count). The van der Waals surface area contributed by atoms with E-state index in [4.69, 9.17) is 0 Å². The number of hydrogen-bond donors (Lipinski definition) is 2. The summed E-state index contributed by atoms with van der Waals surface area (Å²) < 4.78 is 0. The third kappa shape index (κ3) is 4.72. The molecule has 0 aromatic heterocycles. The van der Waals surface area contributed by atoms with E-state index in [0.29, 0.717) is 17.3 Å². The number of hydrogen-bond acceptors (Lipinski definition) is 2. The summed E-state index contributed by atoms with van der Waals surface area (Å²) in [5, 5.41) is 5.66. The molecule has 0 bridgehead atoms. The molecule has 2 N–H and O–H groups in total. The van der Waals surface area contributed by atoms with Crippen molar-refractivity contribution < 1.29 is 9.59 Å². The number of nitrogens with one attached hydrogen (secondary N) is 2. The highest BCUT2D eigenvalue weighted by molar-refractivity contribution is 6.13. The van der Waals surface area contributed by atoms with Crippen molar-refractivity contribution in [3.8, 4) is 0 Å². The quantitative estimate of drug-likeness (QED) is 0.721. The van der Waals surface area contributed by atoms with Gasteiger partial charge in [-0.1, -0.05) is 45.0 Å². The molecule has 0 aliphatic carbocycles. The van der Waals surface area contributed by atoms with Crippen molar-refractivity contribution in [1.82, 2.24) is 0 Å². The second-order valence-corrected chi connectivity index (χ2v) is 7.36. The second-order valence-electron chi connectivity index (χ2n) is 7.36. The average molecular weight is 352 g/mol. The third-order valence-electron chi connectivity index (χ3n) is 4.59. The number of benzene rings is 2. The Morgan fingerprint density at radius 3 is 1.65 bits per heavy atom. The maximum absolute atomic E-state index is 12.6. The zero-order valence-electron chi connectivity index (χ0n) is 16.2. The van der Waals surface area contributed by atoms with Gasteiger partial charge >= 0.3 is 0 Å². The molecule has 0 atom stereocenters. The van der Waals surface area contributed by atoms with Gasteiger partial charge in [0.25, 0.3) is 0 Å². The van der Waals surface area contributed by atoms with Crippen molar-refractivity contribution in [1.29, 1.82) is 0 Å². The molecular weight excluding hydrogens is 324 g/mol. The standard InChI is InChI=1S/C22H28N2O2/c1-6-16-7-11-18(12-8-16)23-20(25)22(4,5)21(26)24-19-13-9-17(10-14-19)15(2)3/h7-15H,6H2,1-5H3,(H,23,25)(H,24,26). The van der Waals surface area contributed by atoms with Crippen LogP contribution in [0, 0.1) is 5.41 Å². The van der Waals surface area contributed by atoms with Gasteiger partial charge in [0.2, 0.25) is 11.8 Å². The highest BCUT2D eigenvalue weighted by Gasteiger charge is 2.36. The van der Waals surface area contributed by atoms with Crippen LogP contribution in [0.25, 0.3) is 0 Å². The molecule has 26 heavy (non-hydrogen) atoms. The fraction of sp³-hybridized carbons (Fsp3) is 0.364. The summed E-state index contributed by atoms with van der Waals surface area (Å²) in [7, 11) is 0. The minimum absolute atomic E-state index is 0.335. The van der Waals surface area contributed by atoms with Crippen LogP contribution in [0.15, 0.2) is 48.5 Å². The van der Waals surface area contributed by atoms with E-state index < -0.39 is 5.41 Å². The van der Waals surface area contributed by atoms with Crippen molar-refractivity contribution in [3.05, 3.63) is 59.7 Å². The van der Waals surface area contributed by atoms with E-state index in [1.165, 1.54) is 11.1 Å². The van der Waals surface area contributed by atoms with Crippen LogP contribution in [0.2, 0.25) is 0 Å². The Morgan fingerprint density at radius 1 is 0.846 bits per heavy atom. The van der Waals surface area contributed by atoms with E-state index in [-0.39, 0.29) is 11.8 Å². The van der Waals surface area contributed by atoms with E-state index in [9.17, 15) is 9.59 Å². The number of carbonyl (C=O) groups excluding carboxylic acids is 2. The molecule has 0 saturated carbocycles. The molecular formula is C22H28N2O2. The fourth-order valence-corrected chi connectivity index (χ4v) is 2.45. The minimum atomic E-state index is -1.19. The van der Waals surface area contributed by atoms with Crippen molar-refractivity contribution in [2.45, 2.75) is 47.0 Å². The van der Waals surface area contributed by atoms with Crippen molar-refractivity contribution in [2.75, 3.05) is 10.6 Å². The largest absolute Gasteiger partial charge is 0.325 e. The van der Waals surface area contributed by atoms with Gasteiger partial charge in [-0.15, -0.1) is 0 Å². The fourth-order valence-electron chi connectivity index (χ4n) is 2.45. The zero-order chi connectivity index (χ0) is 19.3. The van der Waals surface area contributed by atoms with Gasteiger partial charge in [0, 0.05) is 11.4 Å². The molecule has 4 heteroatoms. The highest BCUT2D eigenvalue weighted by atomic mass is 16.2. The van der Waals surface area contributed by atoms with E-state index >= 15 is 0 Å². The normalized spacial score (nSPS) is 11.3. The number of aryl methyl sites for hydroxylation is 1. The molecule has 0 radical (unpaired) electrons. The lowest BCUT2D eigenvalue weighted by Gasteiger charge is -2.23. The second kappa shape index (κ2) is 8.17. The lowest BCUT2D eigenvalue weighted by molar-refractivity contribution is -0.135. The molecule has 0 aliphatic rings. The predicted octanol–water partition coefficient (Wildman–Crippen LogP) is 4.98. The molecule has 138 valence electrons. The van der Waals surface area contributed by atoms with Gasteiger partial charge in [-0.2, -0.15) is 0 Å². The van der Waals surface area contributed by atoms with E-state index in [1.807, 2.05) is 48.5 Å². The third-order valence-corrected chi connectivity index (χ3v) is 4.59. The molecule has 0 saturated heterocycles. The van der Waals surface area contributed by atoms with Crippen LogP contribution in [0.4, 0.5) is 11.4 Å². The Balaban J connectivity index is 2.04. The van der Waals surface area contributed by atoms with E-state index in [1.54, 1.807) is 13.8 Å². The van der Waals surface area contributed by atoms with Crippen LogP contribution < -0.4 is 10.6 Å². The lowest BCUT2D eigenvalue weighted by Crippen LogP contribution is -2.41. The topological polar surface area (TPSA) is 58.2 Å². The van der Waals surface area contributed by atoms with Crippen LogP contribution in [0.5, 0.6) is 0 Å². The number of carbonyl (C=O) groups is 2. The first-order valence-corrected chi connectivity index (χ1v) is 9.06. The van der Waals surface area contributed by atoms with Crippen LogP contribution in [-0.2, 0) is 16.0 Å². The Bertz CT molecular complexity index is 760. The van der Waals surface area contributed by atoms with Crippen LogP contribution in [-0.4, -0.2) is 11.8 Å². The summed E-state index contributed by atoms with van der Waals surface area (Å²) >= 11 is 0. The summed E-state index contributed by atoms with van der Waals surface area (Å²) in [5.41, 5.74) is 2.59. The molecule has 0 heterocycles. The molecule has 4 nitrogen and oxygen atoms in total. The Hall–Kier alpha value is -2.62. The predicted molar refractivity (Wildman–Crippen MR) is 107 cm³/mol. The van der Waals surface area contributed by atoms with Gasteiger partial charge in [0.05, 0.1) is 0 Å². The lowest BCUT2D eigenvalue weighted by atomic mass is 9.90. The molecule has 2 aromatic carbocycles.